The number of hydrogen-bond donors (Lipinski definition) is 0. The number of amides is 1. The van der Waals surface area contributed by atoms with Crippen LogP contribution in [0.15, 0.2) is 40.8 Å². The topological polar surface area (TPSA) is 94.5 Å². The second kappa shape index (κ2) is 14.3. The lowest BCUT2D eigenvalue weighted by Gasteiger charge is -2.46. The maximum Gasteiger partial charge on any atom is 0.285 e. The highest BCUT2D eigenvalue weighted by molar-refractivity contribution is 7.94. The number of fused-ring (bicyclic) bond motifs is 4. The van der Waals surface area contributed by atoms with Crippen molar-refractivity contribution < 1.29 is 28.0 Å². The minimum Gasteiger partial charge on any atom is -0.490 e. The van der Waals surface area contributed by atoms with E-state index in [-0.39, 0.29) is 41.8 Å². The number of carbonyl (C=O) groups is 2. The highest BCUT2D eigenvalue weighted by Crippen LogP contribution is 2.47. The number of anilines is 1. The van der Waals surface area contributed by atoms with Crippen molar-refractivity contribution in [3.63, 3.8) is 0 Å². The average Bonchev–Trinajstić information content (AvgIpc) is 3.17. The molecule has 0 saturated heterocycles. The predicted octanol–water partition coefficient (Wildman–Crippen LogP) is 6.64. The summed E-state index contributed by atoms with van der Waals surface area (Å²) >= 11 is 6.44. The molecule has 2 aliphatic heterocycles. The number of rotatable bonds is 6. The molecule has 1 saturated carbocycles. The molecule has 250 valence electrons. The van der Waals surface area contributed by atoms with Crippen molar-refractivity contribution in [3.8, 4) is 5.75 Å². The molecule has 2 heterocycles. The third-order valence-electron chi connectivity index (χ3n) is 10.7. The zero-order valence-electron chi connectivity index (χ0n) is 27.1. The largest absolute Gasteiger partial charge is 0.490 e. The predicted molar refractivity (Wildman–Crippen MR) is 182 cm³/mol. The van der Waals surface area contributed by atoms with Gasteiger partial charge in [0.1, 0.15) is 11.5 Å². The van der Waals surface area contributed by atoms with Crippen molar-refractivity contribution in [3.05, 3.63) is 58.1 Å². The van der Waals surface area contributed by atoms with Gasteiger partial charge in [-0.25, -0.2) is 4.21 Å². The summed E-state index contributed by atoms with van der Waals surface area (Å²) in [5.74, 6) is 0.902. The molecule has 2 aromatic carbocycles. The Morgan fingerprint density at radius 3 is 2.76 bits per heavy atom. The summed E-state index contributed by atoms with van der Waals surface area (Å²) in [6.45, 7) is 2.39. The van der Waals surface area contributed by atoms with E-state index in [9.17, 15) is 13.8 Å². The van der Waals surface area contributed by atoms with Crippen molar-refractivity contribution in [2.75, 3.05) is 56.9 Å². The van der Waals surface area contributed by atoms with Crippen molar-refractivity contribution in [1.29, 1.82) is 0 Å². The molecule has 5 atom stereocenters. The van der Waals surface area contributed by atoms with Gasteiger partial charge in [-0.3, -0.25) is 9.59 Å². The molecule has 8 nitrogen and oxygen atoms in total. The van der Waals surface area contributed by atoms with Crippen molar-refractivity contribution in [1.82, 2.24) is 0 Å². The first-order chi connectivity index (χ1) is 22.2. The van der Waals surface area contributed by atoms with Crippen molar-refractivity contribution in [2.45, 2.75) is 75.7 Å². The third-order valence-corrected chi connectivity index (χ3v) is 13.1. The first-order valence-electron chi connectivity index (χ1n) is 16.8. The van der Waals surface area contributed by atoms with Crippen LogP contribution in [0.25, 0.3) is 0 Å². The van der Waals surface area contributed by atoms with E-state index in [0.717, 1.165) is 80.9 Å². The van der Waals surface area contributed by atoms with Gasteiger partial charge in [-0.2, -0.15) is 4.36 Å². The SMILES string of the molecule is COCCC(=O)C[S@@]1(=O)=NC(=O)c2ccc3c(c2)N(C[C@@H]2CC[C@H]2[C@@H](OC)CCCCC1)C[C@@]1(CCCc2cc(Cl)ccc21)CO3. The zero-order valence-corrected chi connectivity index (χ0v) is 28.7. The first kappa shape index (κ1) is 33.4. The van der Waals surface area contributed by atoms with Crippen LogP contribution in [0, 0.1) is 11.8 Å². The highest BCUT2D eigenvalue weighted by atomic mass is 35.5. The van der Waals surface area contributed by atoms with Gasteiger partial charge in [0.05, 0.1) is 40.5 Å². The van der Waals surface area contributed by atoms with Crippen LogP contribution in [0.2, 0.25) is 5.02 Å². The molecule has 6 rings (SSSR count). The van der Waals surface area contributed by atoms with Crippen molar-refractivity contribution in [2.24, 2.45) is 16.2 Å². The van der Waals surface area contributed by atoms with Crippen LogP contribution in [0.4, 0.5) is 5.69 Å². The minimum atomic E-state index is -3.09. The van der Waals surface area contributed by atoms with Gasteiger partial charge < -0.3 is 19.1 Å². The van der Waals surface area contributed by atoms with E-state index < -0.39 is 15.6 Å². The van der Waals surface area contributed by atoms with Crippen LogP contribution >= 0.6 is 11.6 Å². The molecule has 1 spiro atoms. The quantitative estimate of drug-likeness (QED) is 0.340. The molecule has 2 bridgehead atoms. The molecule has 0 radical (unpaired) electrons. The van der Waals surface area contributed by atoms with Crippen LogP contribution in [0.5, 0.6) is 5.75 Å². The van der Waals surface area contributed by atoms with Crippen LogP contribution < -0.4 is 9.64 Å². The maximum absolute atomic E-state index is 14.1. The lowest BCUT2D eigenvalue weighted by Crippen LogP contribution is -2.49. The Kier molecular flexibility index (Phi) is 10.4. The Balaban J connectivity index is 1.40. The van der Waals surface area contributed by atoms with E-state index in [1.807, 2.05) is 25.3 Å². The minimum absolute atomic E-state index is 0.150. The Labute approximate surface area is 278 Å². The fourth-order valence-corrected chi connectivity index (χ4v) is 10.3. The number of ketones is 1. The molecular weight excluding hydrogens is 624 g/mol. The Morgan fingerprint density at radius 1 is 1.11 bits per heavy atom. The van der Waals surface area contributed by atoms with Gasteiger partial charge in [-0.15, -0.1) is 0 Å². The molecule has 2 aromatic rings. The second-order valence-corrected chi connectivity index (χ2v) is 16.6. The molecule has 0 aromatic heterocycles. The van der Waals surface area contributed by atoms with Gasteiger partial charge in [-0.05, 0) is 98.2 Å². The smallest absolute Gasteiger partial charge is 0.285 e. The molecule has 4 aliphatic rings. The summed E-state index contributed by atoms with van der Waals surface area (Å²) in [7, 11) is 0.261. The van der Waals surface area contributed by atoms with E-state index in [1.165, 1.54) is 18.2 Å². The maximum atomic E-state index is 14.1. The molecule has 1 fully saturated rings. The van der Waals surface area contributed by atoms with Crippen molar-refractivity contribution >= 4 is 38.7 Å². The first-order valence-corrected chi connectivity index (χ1v) is 19.1. The summed E-state index contributed by atoms with van der Waals surface area (Å²) in [6, 6.07) is 11.7. The monoisotopic (exact) mass is 670 g/mol. The number of nitrogens with zero attached hydrogens (tertiary/aromatic N) is 2. The standard InChI is InChI=1S/C36H47ClN2O6S/c1-43-17-15-29(40)22-46(42)18-5-3-4-8-33(44-2)30-12-9-27(30)21-39-23-36(16-6-7-25-19-28(37)11-13-31(25)36)24-45-34-14-10-26(20-32(34)39)35(41)38-46/h10-11,13-14,19-20,27,30,33H,3-9,12,15-18,21-24H2,1-2H3/t27-,30+,33-,36-,46+/m0/s1. The average molecular weight is 671 g/mol. The summed E-state index contributed by atoms with van der Waals surface area (Å²) < 4.78 is 36.2. The van der Waals surface area contributed by atoms with E-state index in [1.54, 1.807) is 6.07 Å². The summed E-state index contributed by atoms with van der Waals surface area (Å²) in [6.07, 6.45) is 9.01. The highest BCUT2D eigenvalue weighted by Gasteiger charge is 2.44. The van der Waals surface area contributed by atoms with Crippen LogP contribution in [0.3, 0.4) is 0 Å². The summed E-state index contributed by atoms with van der Waals surface area (Å²) in [5, 5.41) is 0.755. The molecule has 1 amide bonds. The molecule has 0 N–H and O–H groups in total. The number of aryl methyl sites for hydroxylation is 1. The fraction of sp³-hybridized carbons (Fsp3) is 0.611. The van der Waals surface area contributed by atoms with Gasteiger partial charge in [0.2, 0.25) is 0 Å². The zero-order chi connectivity index (χ0) is 32.3. The van der Waals surface area contributed by atoms with Gasteiger partial charge >= 0.3 is 0 Å². The van der Waals surface area contributed by atoms with Gasteiger partial charge in [0.25, 0.3) is 5.91 Å². The molecule has 0 unspecified atom stereocenters. The van der Waals surface area contributed by atoms with E-state index in [4.69, 9.17) is 25.8 Å². The molecule has 10 heteroatoms. The molecule has 46 heavy (non-hydrogen) atoms. The molecular formula is C36H47ClN2O6S. The Morgan fingerprint density at radius 2 is 1.98 bits per heavy atom. The summed E-state index contributed by atoms with van der Waals surface area (Å²) in [5.41, 5.74) is 3.60. The third kappa shape index (κ3) is 7.18. The normalized spacial score (nSPS) is 29.8. The number of carbonyl (C=O) groups excluding carboxylic acids is 2. The van der Waals surface area contributed by atoms with Gasteiger partial charge in [-0.1, -0.05) is 30.5 Å². The molecule has 2 aliphatic carbocycles. The lowest BCUT2D eigenvalue weighted by atomic mass is 9.68. The van der Waals surface area contributed by atoms with Gasteiger partial charge in [0, 0.05) is 55.5 Å². The van der Waals surface area contributed by atoms with E-state index in [2.05, 4.69) is 21.4 Å². The van der Waals surface area contributed by atoms with E-state index >= 15 is 0 Å². The van der Waals surface area contributed by atoms with Crippen LogP contribution in [0.1, 0.15) is 79.3 Å². The Hall–Kier alpha value is -2.46. The van der Waals surface area contributed by atoms with Crippen LogP contribution in [-0.2, 0) is 35.8 Å². The second-order valence-electron chi connectivity index (χ2n) is 13.7. The summed E-state index contributed by atoms with van der Waals surface area (Å²) in [4.78, 5) is 28.9. The Bertz CT molecular complexity index is 1570. The fourth-order valence-electron chi connectivity index (χ4n) is 8.09. The number of ether oxygens (including phenoxy) is 3. The van der Waals surface area contributed by atoms with Crippen LogP contribution in [-0.4, -0.2) is 74.0 Å². The number of hydrogen-bond acceptors (Lipinski definition) is 7. The number of halogens is 1. The number of benzene rings is 2. The van der Waals surface area contributed by atoms with Gasteiger partial charge in [0.15, 0.2) is 0 Å². The van der Waals surface area contributed by atoms with E-state index in [0.29, 0.717) is 30.4 Å². The number of Topliss-reactive ketones (excluding diaryl/α,β-unsaturated/α-hetero) is 1. The number of methoxy groups -OCH3 is 2. The lowest BCUT2D eigenvalue weighted by molar-refractivity contribution is -0.117.